The van der Waals surface area contributed by atoms with Gasteiger partial charge in [0, 0.05) is 34.7 Å². The van der Waals surface area contributed by atoms with Gasteiger partial charge < -0.3 is 4.90 Å². The molecule has 2 aliphatic heterocycles. The fourth-order valence-electron chi connectivity index (χ4n) is 6.64. The maximum Gasteiger partial charge on any atom is 0.188 e. The number of benzene rings is 3. The van der Waals surface area contributed by atoms with E-state index in [1.54, 1.807) is 0 Å². The summed E-state index contributed by atoms with van der Waals surface area (Å²) in [5, 5.41) is 0. The van der Waals surface area contributed by atoms with Crippen LogP contribution in [0.3, 0.4) is 0 Å². The van der Waals surface area contributed by atoms with Crippen molar-refractivity contribution in [1.29, 1.82) is 0 Å². The van der Waals surface area contributed by atoms with Gasteiger partial charge in [-0.2, -0.15) is 0 Å². The number of ketones is 1. The summed E-state index contributed by atoms with van der Waals surface area (Å²) in [7, 11) is 0. The van der Waals surface area contributed by atoms with Gasteiger partial charge in [-0.1, -0.05) is 97.4 Å². The van der Waals surface area contributed by atoms with E-state index in [-0.39, 0.29) is 17.4 Å². The van der Waals surface area contributed by atoms with Crippen LogP contribution in [0, 0.1) is 5.92 Å². The second-order valence-electron chi connectivity index (χ2n) is 9.82. The zero-order chi connectivity index (χ0) is 22.7. The minimum Gasteiger partial charge on any atom is -0.313 e. The van der Waals surface area contributed by atoms with Crippen LogP contribution in [-0.2, 0) is 0 Å². The zero-order valence-electron chi connectivity index (χ0n) is 19.0. The molecule has 0 bridgehead atoms. The monoisotopic (exact) mass is 442 g/mol. The van der Waals surface area contributed by atoms with E-state index in [2.05, 4.69) is 77.7 Å². The molecule has 1 fully saturated rings. The van der Waals surface area contributed by atoms with Gasteiger partial charge in [-0.25, -0.2) is 0 Å². The van der Waals surface area contributed by atoms with Crippen molar-refractivity contribution >= 4 is 17.2 Å². The van der Waals surface area contributed by atoms with E-state index in [4.69, 9.17) is 4.99 Å². The van der Waals surface area contributed by atoms with Crippen molar-refractivity contribution in [1.82, 2.24) is 4.90 Å². The van der Waals surface area contributed by atoms with Crippen LogP contribution in [0.2, 0.25) is 0 Å². The lowest BCUT2D eigenvalue weighted by atomic mass is 9.66. The van der Waals surface area contributed by atoms with Crippen LogP contribution in [0.5, 0.6) is 0 Å². The van der Waals surface area contributed by atoms with Crippen molar-refractivity contribution in [2.24, 2.45) is 10.9 Å². The Morgan fingerprint density at radius 2 is 1.50 bits per heavy atom. The summed E-state index contributed by atoms with van der Waals surface area (Å²) < 4.78 is 0. The lowest BCUT2D eigenvalue weighted by molar-refractivity contribution is 0.0683. The number of allylic oxidation sites excluding steroid dienone is 3. The highest BCUT2D eigenvalue weighted by Crippen LogP contribution is 2.58. The largest absolute Gasteiger partial charge is 0.313 e. The Balaban J connectivity index is 1.51. The number of hydrogen-bond acceptors (Lipinski definition) is 3. The molecule has 7 rings (SSSR count). The number of nitrogens with zero attached hydrogens (tertiary/aromatic N) is 2. The van der Waals surface area contributed by atoms with Gasteiger partial charge in [-0.3, -0.25) is 9.79 Å². The first-order valence-corrected chi connectivity index (χ1v) is 12.3. The zero-order valence-corrected chi connectivity index (χ0v) is 19.0. The average Bonchev–Trinajstić information content (AvgIpc) is 3.23. The second kappa shape index (κ2) is 7.39. The van der Waals surface area contributed by atoms with E-state index < -0.39 is 0 Å². The first-order chi connectivity index (χ1) is 16.8. The van der Waals surface area contributed by atoms with Crippen molar-refractivity contribution in [3.8, 4) is 0 Å². The van der Waals surface area contributed by atoms with Crippen LogP contribution in [0.25, 0.3) is 5.70 Å². The third-order valence-corrected chi connectivity index (χ3v) is 8.06. The van der Waals surface area contributed by atoms with Crippen molar-refractivity contribution in [2.45, 2.75) is 37.3 Å². The van der Waals surface area contributed by atoms with Crippen LogP contribution in [0.1, 0.15) is 58.6 Å². The molecule has 3 atom stereocenters. The number of carbonyl (C=O) groups is 1. The topological polar surface area (TPSA) is 32.7 Å². The number of carbonyl (C=O) groups excluding carboxylic acids is 1. The van der Waals surface area contributed by atoms with E-state index >= 15 is 0 Å². The highest BCUT2D eigenvalue weighted by Gasteiger charge is 2.57. The summed E-state index contributed by atoms with van der Waals surface area (Å²) in [6.07, 6.45) is 8.79. The predicted molar refractivity (Wildman–Crippen MR) is 136 cm³/mol. The molecule has 0 amide bonds. The molecule has 1 saturated carbocycles. The Morgan fingerprint density at radius 1 is 0.794 bits per heavy atom. The molecule has 3 nitrogen and oxygen atoms in total. The highest BCUT2D eigenvalue weighted by atomic mass is 16.1. The standard InChI is InChI=1S/C31H26N2O/c34-29-20-28-30(24-16-8-7-15-23(24)29)32-31-18-10-9-17-26(31)25(21-11-3-1-4-12-21)19-27(33(28)31)22-13-5-2-6-14-22/h1-8,11-16,19-20,25-26H,9-10,17-18H2/t25-,26+,31-/m1/s1. The average molecular weight is 443 g/mol. The quantitative estimate of drug-likeness (QED) is 0.448. The van der Waals surface area contributed by atoms with Gasteiger partial charge in [0.2, 0.25) is 0 Å². The van der Waals surface area contributed by atoms with Crippen LogP contribution in [0.15, 0.2) is 108 Å². The van der Waals surface area contributed by atoms with Gasteiger partial charge >= 0.3 is 0 Å². The summed E-state index contributed by atoms with van der Waals surface area (Å²) in [6.45, 7) is 0. The number of hydrogen-bond donors (Lipinski definition) is 0. The Kier molecular flexibility index (Phi) is 4.29. The van der Waals surface area contributed by atoms with E-state index in [1.807, 2.05) is 24.3 Å². The summed E-state index contributed by atoms with van der Waals surface area (Å²) in [5.41, 5.74) is 7.02. The molecule has 4 aliphatic rings. The molecule has 34 heavy (non-hydrogen) atoms. The minimum absolute atomic E-state index is 0.0755. The maximum absolute atomic E-state index is 13.2. The summed E-state index contributed by atoms with van der Waals surface area (Å²) in [6, 6.07) is 29.5. The van der Waals surface area contributed by atoms with E-state index in [0.29, 0.717) is 5.92 Å². The Hall–Kier alpha value is -3.72. The molecule has 0 unspecified atom stereocenters. The van der Waals surface area contributed by atoms with Crippen LogP contribution in [-0.4, -0.2) is 22.1 Å². The first kappa shape index (κ1) is 19.7. The minimum atomic E-state index is -0.364. The van der Waals surface area contributed by atoms with Gasteiger partial charge in [-0.15, -0.1) is 0 Å². The summed E-state index contributed by atoms with van der Waals surface area (Å²) in [5.74, 6) is 0.716. The van der Waals surface area contributed by atoms with Crippen LogP contribution < -0.4 is 0 Å². The van der Waals surface area contributed by atoms with Gasteiger partial charge in [0.25, 0.3) is 0 Å². The number of aliphatic imine (C=N–C) groups is 1. The van der Waals surface area contributed by atoms with Gasteiger partial charge in [-0.05, 0) is 30.4 Å². The van der Waals surface area contributed by atoms with Crippen LogP contribution >= 0.6 is 0 Å². The van der Waals surface area contributed by atoms with E-state index in [9.17, 15) is 4.79 Å². The summed E-state index contributed by atoms with van der Waals surface area (Å²) in [4.78, 5) is 21.2. The van der Waals surface area contributed by atoms with Crippen molar-refractivity contribution in [2.75, 3.05) is 0 Å². The second-order valence-corrected chi connectivity index (χ2v) is 9.82. The van der Waals surface area contributed by atoms with Crippen molar-refractivity contribution < 1.29 is 4.79 Å². The summed E-state index contributed by atoms with van der Waals surface area (Å²) >= 11 is 0. The lowest BCUT2D eigenvalue weighted by Crippen LogP contribution is -2.54. The SMILES string of the molecule is O=C1C=C2C(=N[C@@]34CCCC[C@H]3[C@@H](c3ccccc3)C=C(c3ccccc3)N24)c2ccccc21. The number of rotatable bonds is 2. The molecule has 0 N–H and O–H groups in total. The Labute approximate surface area is 200 Å². The third kappa shape index (κ3) is 2.70. The molecule has 3 heteroatoms. The Bertz CT molecular complexity index is 1390. The third-order valence-electron chi connectivity index (χ3n) is 8.06. The van der Waals surface area contributed by atoms with E-state index in [1.165, 1.54) is 23.2 Å². The molecule has 2 aliphatic carbocycles. The smallest absolute Gasteiger partial charge is 0.188 e. The molecule has 166 valence electrons. The molecule has 3 aromatic rings. The fraction of sp³-hybridized carbons (Fsp3) is 0.226. The van der Waals surface area contributed by atoms with E-state index in [0.717, 1.165) is 41.8 Å². The molecule has 0 saturated heterocycles. The molecule has 2 heterocycles. The van der Waals surface area contributed by atoms with Gasteiger partial charge in [0.1, 0.15) is 5.66 Å². The molecule has 0 aromatic heterocycles. The maximum atomic E-state index is 13.2. The first-order valence-electron chi connectivity index (χ1n) is 12.3. The van der Waals surface area contributed by atoms with Gasteiger partial charge in [0.05, 0.1) is 11.4 Å². The van der Waals surface area contributed by atoms with Crippen molar-refractivity contribution in [3.63, 3.8) is 0 Å². The van der Waals surface area contributed by atoms with Crippen molar-refractivity contribution in [3.05, 3.63) is 125 Å². The Morgan fingerprint density at radius 3 is 2.29 bits per heavy atom. The fourth-order valence-corrected chi connectivity index (χ4v) is 6.64. The predicted octanol–water partition coefficient (Wildman–Crippen LogP) is 6.60. The normalized spacial score (nSPS) is 27.0. The molecule has 1 spiro atoms. The highest BCUT2D eigenvalue weighted by molar-refractivity contribution is 6.27. The van der Waals surface area contributed by atoms with Gasteiger partial charge in [0.15, 0.2) is 5.78 Å². The molecule has 0 radical (unpaired) electrons. The molecular formula is C31H26N2O. The molecular weight excluding hydrogens is 416 g/mol. The van der Waals surface area contributed by atoms with Crippen LogP contribution in [0.4, 0.5) is 0 Å². The number of fused-ring (bicyclic) bond motifs is 4. The molecule has 3 aromatic carbocycles. The lowest BCUT2D eigenvalue weighted by Gasteiger charge is -2.53.